The lowest BCUT2D eigenvalue weighted by atomic mass is 10.1. The molecule has 2 aromatic rings. The molecule has 0 spiro atoms. The number of hydrogen-bond acceptors (Lipinski definition) is 2. The van der Waals surface area contributed by atoms with Crippen LogP contribution in [-0.4, -0.2) is 5.71 Å². The van der Waals surface area contributed by atoms with E-state index >= 15 is 0 Å². The van der Waals surface area contributed by atoms with E-state index in [2.05, 4.69) is 10.5 Å². The van der Waals surface area contributed by atoms with Gasteiger partial charge in [0.05, 0.1) is 17.0 Å². The number of hydrogen-bond donors (Lipinski definition) is 1. The number of halogens is 4. The molecule has 2 nitrogen and oxygen atoms in total. The molecule has 0 heterocycles. The van der Waals surface area contributed by atoms with E-state index in [0.717, 1.165) is 6.07 Å². The SMILES string of the molecule is C/C(=N\Nc1ccccc1C(F)(F)F)c1ccc(F)cc1. The zero-order valence-electron chi connectivity index (χ0n) is 11.1. The van der Waals surface area contributed by atoms with Gasteiger partial charge in [0.15, 0.2) is 0 Å². The Hall–Kier alpha value is -2.37. The summed E-state index contributed by atoms with van der Waals surface area (Å²) in [5.41, 5.74) is 2.55. The van der Waals surface area contributed by atoms with E-state index < -0.39 is 11.7 Å². The van der Waals surface area contributed by atoms with Gasteiger partial charge in [-0.25, -0.2) is 4.39 Å². The van der Waals surface area contributed by atoms with Gasteiger partial charge in [-0.1, -0.05) is 24.3 Å². The zero-order chi connectivity index (χ0) is 15.5. The third-order valence-electron chi connectivity index (χ3n) is 2.84. The fourth-order valence-electron chi connectivity index (χ4n) is 1.73. The summed E-state index contributed by atoms with van der Waals surface area (Å²) < 4.78 is 51.2. The summed E-state index contributed by atoms with van der Waals surface area (Å²) >= 11 is 0. The quantitative estimate of drug-likeness (QED) is 0.496. The van der Waals surface area contributed by atoms with Crippen LogP contribution in [0.5, 0.6) is 0 Å². The van der Waals surface area contributed by atoms with Crippen LogP contribution in [0.25, 0.3) is 0 Å². The minimum absolute atomic E-state index is 0.133. The van der Waals surface area contributed by atoms with E-state index in [0.29, 0.717) is 11.3 Å². The van der Waals surface area contributed by atoms with E-state index in [4.69, 9.17) is 0 Å². The number of benzene rings is 2. The third kappa shape index (κ3) is 3.81. The van der Waals surface area contributed by atoms with Crippen LogP contribution >= 0.6 is 0 Å². The second-order valence-electron chi connectivity index (χ2n) is 4.36. The van der Waals surface area contributed by atoms with Gasteiger partial charge in [0.25, 0.3) is 0 Å². The molecule has 0 saturated heterocycles. The number of hydrazone groups is 1. The van der Waals surface area contributed by atoms with Crippen molar-refractivity contribution in [3.8, 4) is 0 Å². The minimum Gasteiger partial charge on any atom is -0.278 e. The van der Waals surface area contributed by atoms with Crippen molar-refractivity contribution in [3.05, 3.63) is 65.5 Å². The van der Waals surface area contributed by atoms with Crippen molar-refractivity contribution >= 4 is 11.4 Å². The molecule has 21 heavy (non-hydrogen) atoms. The lowest BCUT2D eigenvalue weighted by Crippen LogP contribution is -2.09. The van der Waals surface area contributed by atoms with Gasteiger partial charge in [-0.2, -0.15) is 18.3 Å². The van der Waals surface area contributed by atoms with E-state index in [9.17, 15) is 17.6 Å². The number of rotatable bonds is 3. The van der Waals surface area contributed by atoms with E-state index in [1.807, 2.05) is 0 Å². The molecule has 0 atom stereocenters. The Morgan fingerprint density at radius 3 is 2.24 bits per heavy atom. The highest BCUT2D eigenvalue weighted by Crippen LogP contribution is 2.34. The van der Waals surface area contributed by atoms with Crippen LogP contribution < -0.4 is 5.43 Å². The summed E-state index contributed by atoms with van der Waals surface area (Å²) in [6.45, 7) is 1.62. The smallest absolute Gasteiger partial charge is 0.278 e. The van der Waals surface area contributed by atoms with Gasteiger partial charge in [-0.05, 0) is 36.8 Å². The van der Waals surface area contributed by atoms with Gasteiger partial charge in [-0.3, -0.25) is 5.43 Å². The monoisotopic (exact) mass is 296 g/mol. The molecular formula is C15H12F4N2. The number of nitrogens with zero attached hydrogens (tertiary/aromatic N) is 1. The molecule has 0 aliphatic carbocycles. The average molecular weight is 296 g/mol. The Morgan fingerprint density at radius 1 is 1.00 bits per heavy atom. The molecule has 0 radical (unpaired) electrons. The van der Waals surface area contributed by atoms with Crippen molar-refractivity contribution in [1.29, 1.82) is 0 Å². The maximum atomic E-state index is 12.8. The number of nitrogens with one attached hydrogen (secondary N) is 1. The van der Waals surface area contributed by atoms with Gasteiger partial charge in [0.1, 0.15) is 5.82 Å². The van der Waals surface area contributed by atoms with Gasteiger partial charge in [0, 0.05) is 0 Å². The number of para-hydroxylation sites is 1. The third-order valence-corrected chi connectivity index (χ3v) is 2.84. The molecule has 0 aliphatic heterocycles. The molecule has 0 fully saturated rings. The molecule has 0 aliphatic rings. The first-order valence-electron chi connectivity index (χ1n) is 6.10. The summed E-state index contributed by atoms with van der Waals surface area (Å²) in [5, 5.41) is 3.91. The highest BCUT2D eigenvalue weighted by Gasteiger charge is 2.33. The van der Waals surface area contributed by atoms with Crippen molar-refractivity contribution < 1.29 is 17.6 Å². The van der Waals surface area contributed by atoms with Crippen LogP contribution in [0.15, 0.2) is 53.6 Å². The van der Waals surface area contributed by atoms with Crippen LogP contribution in [0.4, 0.5) is 23.2 Å². The van der Waals surface area contributed by atoms with Crippen molar-refractivity contribution in [3.63, 3.8) is 0 Å². The standard InChI is InChI=1S/C15H12F4N2/c1-10(11-6-8-12(16)9-7-11)20-21-14-5-3-2-4-13(14)15(17,18)19/h2-9,21H,1H3/b20-10+. The average Bonchev–Trinajstić information content (AvgIpc) is 2.45. The normalized spacial score (nSPS) is 12.3. The van der Waals surface area contributed by atoms with Gasteiger partial charge < -0.3 is 0 Å². The van der Waals surface area contributed by atoms with E-state index in [1.165, 1.54) is 42.5 Å². The topological polar surface area (TPSA) is 24.4 Å². The van der Waals surface area contributed by atoms with Crippen LogP contribution in [-0.2, 0) is 6.18 Å². The van der Waals surface area contributed by atoms with Crippen LogP contribution in [0.2, 0.25) is 0 Å². The molecule has 2 aromatic carbocycles. The minimum atomic E-state index is -4.46. The summed E-state index contributed by atoms with van der Waals surface area (Å²) in [5.74, 6) is -0.387. The fourth-order valence-corrected chi connectivity index (χ4v) is 1.73. The van der Waals surface area contributed by atoms with Crippen molar-refractivity contribution in [2.24, 2.45) is 5.10 Å². The number of anilines is 1. The molecule has 110 valence electrons. The molecular weight excluding hydrogens is 284 g/mol. The molecule has 0 bridgehead atoms. The molecule has 6 heteroatoms. The van der Waals surface area contributed by atoms with E-state index in [1.54, 1.807) is 6.92 Å². The molecule has 0 unspecified atom stereocenters. The predicted octanol–water partition coefficient (Wildman–Crippen LogP) is 4.68. The Labute approximate surface area is 119 Å². The Bertz CT molecular complexity index is 645. The zero-order valence-corrected chi connectivity index (χ0v) is 11.1. The summed E-state index contributed by atoms with van der Waals surface area (Å²) in [6.07, 6.45) is -4.46. The summed E-state index contributed by atoms with van der Waals surface area (Å²) in [7, 11) is 0. The summed E-state index contributed by atoms with van der Waals surface area (Å²) in [6, 6.07) is 10.6. The van der Waals surface area contributed by atoms with Gasteiger partial charge >= 0.3 is 6.18 Å². The predicted molar refractivity (Wildman–Crippen MR) is 73.7 cm³/mol. The highest BCUT2D eigenvalue weighted by molar-refractivity contribution is 5.99. The lowest BCUT2D eigenvalue weighted by Gasteiger charge is -2.12. The second kappa shape index (κ2) is 5.95. The molecule has 0 aromatic heterocycles. The lowest BCUT2D eigenvalue weighted by molar-refractivity contribution is -0.136. The highest BCUT2D eigenvalue weighted by atomic mass is 19.4. The molecule has 0 amide bonds. The van der Waals surface area contributed by atoms with Gasteiger partial charge in [-0.15, -0.1) is 0 Å². The number of alkyl halides is 3. The van der Waals surface area contributed by atoms with Crippen LogP contribution in [0.1, 0.15) is 18.1 Å². The first kappa shape index (κ1) is 15.0. The van der Waals surface area contributed by atoms with E-state index in [-0.39, 0.29) is 11.5 Å². The van der Waals surface area contributed by atoms with Crippen LogP contribution in [0.3, 0.4) is 0 Å². The van der Waals surface area contributed by atoms with Gasteiger partial charge in [0.2, 0.25) is 0 Å². The summed E-state index contributed by atoms with van der Waals surface area (Å²) in [4.78, 5) is 0. The maximum Gasteiger partial charge on any atom is 0.418 e. The molecule has 2 rings (SSSR count). The van der Waals surface area contributed by atoms with Crippen molar-refractivity contribution in [2.45, 2.75) is 13.1 Å². The van der Waals surface area contributed by atoms with Crippen molar-refractivity contribution in [1.82, 2.24) is 0 Å². The van der Waals surface area contributed by atoms with Crippen LogP contribution in [0, 0.1) is 5.82 Å². The maximum absolute atomic E-state index is 12.8. The molecule has 1 N–H and O–H groups in total. The second-order valence-corrected chi connectivity index (χ2v) is 4.36. The Morgan fingerprint density at radius 2 is 1.62 bits per heavy atom. The molecule has 0 saturated carbocycles. The Balaban J connectivity index is 2.23. The Kier molecular flexibility index (Phi) is 4.26. The fraction of sp³-hybridized carbons (Fsp3) is 0.133. The first-order valence-corrected chi connectivity index (χ1v) is 6.10. The van der Waals surface area contributed by atoms with Crippen molar-refractivity contribution in [2.75, 3.05) is 5.43 Å². The first-order chi connectivity index (χ1) is 9.88. The largest absolute Gasteiger partial charge is 0.418 e.